The molecule has 0 unspecified atom stereocenters. The second-order valence-corrected chi connectivity index (χ2v) is 6.09. The zero-order valence-electron chi connectivity index (χ0n) is 15.0. The van der Waals surface area contributed by atoms with E-state index in [9.17, 15) is 18.0 Å². The molecule has 0 fully saturated rings. The molecule has 0 aliphatic carbocycles. The van der Waals surface area contributed by atoms with E-state index in [1.807, 2.05) is 31.2 Å². The predicted octanol–water partition coefficient (Wildman–Crippen LogP) is 4.91. The number of aryl methyl sites for hydroxylation is 2. The van der Waals surface area contributed by atoms with Crippen LogP contribution in [0.25, 0.3) is 11.4 Å². The molecule has 0 saturated heterocycles. The Morgan fingerprint density at radius 2 is 1.64 bits per heavy atom. The summed E-state index contributed by atoms with van der Waals surface area (Å²) in [5, 5.41) is 2.60. The van der Waals surface area contributed by atoms with E-state index in [0.717, 1.165) is 23.3 Å². The third-order valence-electron chi connectivity index (χ3n) is 3.88. The highest BCUT2D eigenvalue weighted by atomic mass is 19.4. The van der Waals surface area contributed by atoms with Gasteiger partial charge in [-0.1, -0.05) is 29.8 Å². The number of hydrogen-bond acceptors (Lipinski definition) is 4. The topological polar surface area (TPSA) is 64.1 Å². The van der Waals surface area contributed by atoms with E-state index in [1.54, 1.807) is 6.92 Å². The van der Waals surface area contributed by atoms with Crippen LogP contribution in [0.5, 0.6) is 5.75 Å². The number of carbonyl (C=O) groups is 1. The molecule has 0 aliphatic heterocycles. The minimum atomic E-state index is -4.77. The summed E-state index contributed by atoms with van der Waals surface area (Å²) in [5.41, 5.74) is 3.03. The Labute approximate surface area is 159 Å². The number of aromatic nitrogens is 2. The highest BCUT2D eigenvalue weighted by Crippen LogP contribution is 2.24. The minimum Gasteiger partial charge on any atom is -0.406 e. The summed E-state index contributed by atoms with van der Waals surface area (Å²) in [4.78, 5) is 21.1. The van der Waals surface area contributed by atoms with Crippen LogP contribution in [0.4, 0.5) is 18.9 Å². The van der Waals surface area contributed by atoms with Crippen molar-refractivity contribution in [3.8, 4) is 17.1 Å². The lowest BCUT2D eigenvalue weighted by Gasteiger charge is -2.11. The standard InChI is InChI=1S/C20H16F3N3O2/c1-12-3-5-14(6-4-12)18-24-11-17(13(2)25-18)19(27)26-15-7-9-16(10-8-15)28-20(21,22)23/h3-11H,1-2H3,(H,26,27). The van der Waals surface area contributed by atoms with Gasteiger partial charge in [-0.15, -0.1) is 13.2 Å². The summed E-state index contributed by atoms with van der Waals surface area (Å²) < 4.78 is 40.4. The molecule has 0 saturated carbocycles. The Balaban J connectivity index is 1.73. The van der Waals surface area contributed by atoms with Crippen molar-refractivity contribution >= 4 is 11.6 Å². The highest BCUT2D eigenvalue weighted by Gasteiger charge is 2.31. The maximum absolute atomic E-state index is 12.4. The van der Waals surface area contributed by atoms with Crippen molar-refractivity contribution in [1.82, 2.24) is 9.97 Å². The van der Waals surface area contributed by atoms with Crippen molar-refractivity contribution in [1.29, 1.82) is 0 Å². The van der Waals surface area contributed by atoms with E-state index in [4.69, 9.17) is 0 Å². The van der Waals surface area contributed by atoms with Gasteiger partial charge in [0.15, 0.2) is 5.82 Å². The average Bonchev–Trinajstić information content (AvgIpc) is 2.62. The van der Waals surface area contributed by atoms with Crippen molar-refractivity contribution in [3.63, 3.8) is 0 Å². The SMILES string of the molecule is Cc1ccc(-c2ncc(C(=O)Nc3ccc(OC(F)(F)F)cc3)c(C)n2)cc1. The van der Waals surface area contributed by atoms with Crippen LogP contribution in [0.2, 0.25) is 0 Å². The van der Waals surface area contributed by atoms with E-state index in [1.165, 1.54) is 18.3 Å². The van der Waals surface area contributed by atoms with Gasteiger partial charge >= 0.3 is 6.36 Å². The van der Waals surface area contributed by atoms with Crippen LogP contribution in [0.3, 0.4) is 0 Å². The zero-order chi connectivity index (χ0) is 20.3. The summed E-state index contributed by atoms with van der Waals surface area (Å²) in [6, 6.07) is 12.6. The maximum atomic E-state index is 12.4. The molecule has 0 bridgehead atoms. The first-order valence-electron chi connectivity index (χ1n) is 8.29. The van der Waals surface area contributed by atoms with Gasteiger partial charge < -0.3 is 10.1 Å². The fraction of sp³-hybridized carbons (Fsp3) is 0.150. The van der Waals surface area contributed by atoms with Gasteiger partial charge in [0, 0.05) is 17.4 Å². The number of nitrogens with one attached hydrogen (secondary N) is 1. The van der Waals surface area contributed by atoms with Gasteiger partial charge in [0.25, 0.3) is 5.91 Å². The Morgan fingerprint density at radius 1 is 1.00 bits per heavy atom. The van der Waals surface area contributed by atoms with Crippen LogP contribution in [-0.4, -0.2) is 22.2 Å². The van der Waals surface area contributed by atoms with Crippen LogP contribution in [-0.2, 0) is 0 Å². The number of alkyl halides is 3. The molecular formula is C20H16F3N3O2. The van der Waals surface area contributed by atoms with Gasteiger partial charge in [-0.05, 0) is 38.1 Å². The Morgan fingerprint density at radius 3 is 2.21 bits per heavy atom. The molecule has 3 aromatic rings. The molecule has 0 spiro atoms. The van der Waals surface area contributed by atoms with Crippen molar-refractivity contribution in [3.05, 3.63) is 71.5 Å². The molecule has 1 amide bonds. The normalized spacial score (nSPS) is 11.2. The molecule has 1 aromatic heterocycles. The van der Waals surface area contributed by atoms with E-state index in [-0.39, 0.29) is 11.3 Å². The number of ether oxygens (including phenoxy) is 1. The van der Waals surface area contributed by atoms with Crippen LogP contribution >= 0.6 is 0 Å². The number of benzene rings is 2. The van der Waals surface area contributed by atoms with E-state index < -0.39 is 12.3 Å². The highest BCUT2D eigenvalue weighted by molar-refractivity contribution is 6.04. The molecule has 28 heavy (non-hydrogen) atoms. The molecule has 0 radical (unpaired) electrons. The number of rotatable bonds is 4. The summed E-state index contributed by atoms with van der Waals surface area (Å²) in [7, 11) is 0. The number of anilines is 1. The van der Waals surface area contributed by atoms with Gasteiger partial charge in [-0.2, -0.15) is 0 Å². The third-order valence-corrected chi connectivity index (χ3v) is 3.88. The fourth-order valence-electron chi connectivity index (χ4n) is 2.47. The van der Waals surface area contributed by atoms with Gasteiger partial charge in [-0.25, -0.2) is 9.97 Å². The lowest BCUT2D eigenvalue weighted by Crippen LogP contribution is -2.17. The fourth-order valence-corrected chi connectivity index (χ4v) is 2.47. The summed E-state index contributed by atoms with van der Waals surface area (Å²) in [5.74, 6) is -0.326. The number of amides is 1. The number of hydrogen-bond donors (Lipinski definition) is 1. The predicted molar refractivity (Wildman–Crippen MR) is 98.0 cm³/mol. The lowest BCUT2D eigenvalue weighted by atomic mass is 10.1. The average molecular weight is 387 g/mol. The number of halogens is 3. The van der Waals surface area contributed by atoms with Gasteiger partial charge in [-0.3, -0.25) is 4.79 Å². The van der Waals surface area contributed by atoms with Crippen LogP contribution in [0, 0.1) is 13.8 Å². The molecule has 3 rings (SSSR count). The first-order chi connectivity index (χ1) is 13.2. The molecule has 0 aliphatic rings. The first kappa shape index (κ1) is 19.3. The van der Waals surface area contributed by atoms with Gasteiger partial charge in [0.1, 0.15) is 5.75 Å². The Bertz CT molecular complexity index is 985. The van der Waals surface area contributed by atoms with Crippen LogP contribution in [0.15, 0.2) is 54.7 Å². The van der Waals surface area contributed by atoms with Crippen molar-refractivity contribution in [2.75, 3.05) is 5.32 Å². The Kier molecular flexibility index (Phi) is 5.30. The molecule has 144 valence electrons. The van der Waals surface area contributed by atoms with E-state index >= 15 is 0 Å². The zero-order valence-corrected chi connectivity index (χ0v) is 15.0. The van der Waals surface area contributed by atoms with E-state index in [0.29, 0.717) is 17.2 Å². The van der Waals surface area contributed by atoms with Gasteiger partial charge in [0.2, 0.25) is 0 Å². The molecule has 0 atom stereocenters. The summed E-state index contributed by atoms with van der Waals surface area (Å²) >= 11 is 0. The van der Waals surface area contributed by atoms with Crippen LogP contribution < -0.4 is 10.1 Å². The second kappa shape index (κ2) is 7.67. The van der Waals surface area contributed by atoms with Crippen LogP contribution in [0.1, 0.15) is 21.6 Å². The molecule has 1 heterocycles. The number of nitrogens with zero attached hydrogens (tertiary/aromatic N) is 2. The first-order valence-corrected chi connectivity index (χ1v) is 8.29. The molecular weight excluding hydrogens is 371 g/mol. The summed E-state index contributed by atoms with van der Waals surface area (Å²) in [6.07, 6.45) is -3.34. The maximum Gasteiger partial charge on any atom is 0.573 e. The summed E-state index contributed by atoms with van der Waals surface area (Å²) in [6.45, 7) is 3.67. The smallest absolute Gasteiger partial charge is 0.406 e. The monoisotopic (exact) mass is 387 g/mol. The molecule has 8 heteroatoms. The van der Waals surface area contributed by atoms with Crippen molar-refractivity contribution in [2.45, 2.75) is 20.2 Å². The number of carbonyl (C=O) groups excluding carboxylic acids is 1. The van der Waals surface area contributed by atoms with E-state index in [2.05, 4.69) is 20.0 Å². The third kappa shape index (κ3) is 4.85. The van der Waals surface area contributed by atoms with Crippen molar-refractivity contribution in [2.24, 2.45) is 0 Å². The molecule has 2 aromatic carbocycles. The second-order valence-electron chi connectivity index (χ2n) is 6.09. The minimum absolute atomic E-state index is 0.270. The molecule has 5 nitrogen and oxygen atoms in total. The van der Waals surface area contributed by atoms with Crippen molar-refractivity contribution < 1.29 is 22.7 Å². The Hall–Kier alpha value is -3.42. The lowest BCUT2D eigenvalue weighted by molar-refractivity contribution is -0.274. The molecule has 1 N–H and O–H groups in total. The van der Waals surface area contributed by atoms with Gasteiger partial charge in [0.05, 0.1) is 11.3 Å². The largest absolute Gasteiger partial charge is 0.573 e. The quantitative estimate of drug-likeness (QED) is 0.691.